The number of benzene rings is 1. The summed E-state index contributed by atoms with van der Waals surface area (Å²) in [6, 6.07) is 7.39. The highest BCUT2D eigenvalue weighted by atomic mass is 79.9. The predicted molar refractivity (Wildman–Crippen MR) is 154 cm³/mol. The summed E-state index contributed by atoms with van der Waals surface area (Å²) < 4.78 is 40.2. The summed E-state index contributed by atoms with van der Waals surface area (Å²) in [7, 11) is 0.579. The summed E-state index contributed by atoms with van der Waals surface area (Å²) in [5.74, 6) is 0.209. The van der Waals surface area contributed by atoms with Gasteiger partial charge in [0.25, 0.3) is 10.0 Å². The van der Waals surface area contributed by atoms with Crippen molar-refractivity contribution in [2.75, 3.05) is 7.11 Å². The van der Waals surface area contributed by atoms with Gasteiger partial charge in [-0.3, -0.25) is 13.8 Å². The van der Waals surface area contributed by atoms with Crippen LogP contribution in [0.3, 0.4) is 0 Å². The predicted octanol–water partition coefficient (Wildman–Crippen LogP) is 3.46. The number of rotatable bonds is 6. The lowest BCUT2D eigenvalue weighted by Crippen LogP contribution is -2.32. The van der Waals surface area contributed by atoms with Gasteiger partial charge in [-0.15, -0.1) is 5.10 Å². The van der Waals surface area contributed by atoms with Gasteiger partial charge in [0.15, 0.2) is 5.65 Å². The number of nitrogens with one attached hydrogen (secondary N) is 1. The van der Waals surface area contributed by atoms with E-state index in [0.717, 1.165) is 3.97 Å². The van der Waals surface area contributed by atoms with E-state index in [1.54, 1.807) is 43.1 Å². The number of carbonyl (C=O) groups is 1. The van der Waals surface area contributed by atoms with Crippen molar-refractivity contribution < 1.29 is 23.1 Å². The standard InChI is InChI=1S/C26H26BrN7O6S/c1-31-13-17(24(30-31)40-3)21-20(27)19-22-18(12-28-23(19)34(21)41(38,39)16-7-5-4-6-8-16)32(2)26(37)33(22)15-10-9-14(11-15)29-25(35)36/h4-8,12-15,29H,9-11H2,1-3H3,(H,35,36)/t14-,15-/m1/s1. The Morgan fingerprint density at radius 1 is 1.20 bits per heavy atom. The highest BCUT2D eigenvalue weighted by Crippen LogP contribution is 2.45. The zero-order chi connectivity index (χ0) is 29.2. The third-order valence-corrected chi connectivity index (χ3v) is 10.0. The molecule has 0 radical (unpaired) electrons. The van der Waals surface area contributed by atoms with Crippen molar-refractivity contribution in [3.8, 4) is 17.1 Å². The molecule has 41 heavy (non-hydrogen) atoms. The summed E-state index contributed by atoms with van der Waals surface area (Å²) in [6.45, 7) is 0. The van der Waals surface area contributed by atoms with E-state index in [1.165, 1.54) is 34.7 Å². The number of fused-ring (bicyclic) bond motifs is 3. The molecule has 13 nitrogen and oxygen atoms in total. The summed E-state index contributed by atoms with van der Waals surface area (Å²) in [6.07, 6.45) is 3.58. The van der Waals surface area contributed by atoms with Crippen molar-refractivity contribution in [2.45, 2.75) is 36.2 Å². The number of methoxy groups -OCH3 is 1. The van der Waals surface area contributed by atoms with Crippen molar-refractivity contribution >= 4 is 54.1 Å². The number of aromatic nitrogens is 6. The average molecular weight is 645 g/mol. The lowest BCUT2D eigenvalue weighted by Gasteiger charge is -2.14. The van der Waals surface area contributed by atoms with E-state index in [2.05, 4.69) is 31.3 Å². The normalized spacial score (nSPS) is 17.5. The molecule has 1 amide bonds. The van der Waals surface area contributed by atoms with Gasteiger partial charge in [-0.05, 0) is 47.3 Å². The summed E-state index contributed by atoms with van der Waals surface area (Å²) >= 11 is 3.69. The first-order chi connectivity index (χ1) is 19.5. The molecule has 0 saturated heterocycles. The second-order valence-corrected chi connectivity index (χ2v) is 12.6. The molecule has 1 aliphatic carbocycles. The second kappa shape index (κ2) is 9.76. The third kappa shape index (κ3) is 4.13. The fraction of sp³-hybridized carbons (Fsp3) is 0.308. The molecule has 0 aliphatic heterocycles. The quantitative estimate of drug-likeness (QED) is 0.285. The third-order valence-electron chi connectivity index (χ3n) is 7.55. The largest absolute Gasteiger partial charge is 0.479 e. The van der Waals surface area contributed by atoms with Crippen LogP contribution in [0.5, 0.6) is 5.88 Å². The van der Waals surface area contributed by atoms with Crippen LogP contribution in [0.15, 0.2) is 56.9 Å². The number of nitrogens with zero attached hydrogens (tertiary/aromatic N) is 6. The van der Waals surface area contributed by atoms with E-state index in [1.807, 2.05) is 0 Å². The van der Waals surface area contributed by atoms with Gasteiger partial charge in [0.1, 0.15) is 0 Å². The SMILES string of the molecule is COc1nn(C)cc1-c1c(Br)c2c(ncc3c2n([C@@H]2CC[C@@H](NC(=O)O)C2)c(=O)n3C)n1S(=O)(=O)c1ccccc1. The van der Waals surface area contributed by atoms with Crippen LogP contribution < -0.4 is 15.7 Å². The van der Waals surface area contributed by atoms with E-state index >= 15 is 0 Å². The Bertz CT molecular complexity index is 2010. The molecule has 15 heteroatoms. The first kappa shape index (κ1) is 27.1. The molecule has 1 saturated carbocycles. The van der Waals surface area contributed by atoms with E-state index in [-0.39, 0.29) is 39.9 Å². The lowest BCUT2D eigenvalue weighted by atomic mass is 10.2. The molecule has 0 unspecified atom stereocenters. The number of ether oxygens (including phenoxy) is 1. The Labute approximate surface area is 242 Å². The molecular formula is C26H26BrN7O6S. The Kier molecular flexibility index (Phi) is 6.45. The molecule has 1 aliphatic rings. The van der Waals surface area contributed by atoms with E-state index in [4.69, 9.17) is 4.74 Å². The first-order valence-electron chi connectivity index (χ1n) is 12.7. The summed E-state index contributed by atoms with van der Waals surface area (Å²) in [5.41, 5.74) is 1.48. The number of pyridine rings is 1. The van der Waals surface area contributed by atoms with Crippen LogP contribution in [0.25, 0.3) is 33.3 Å². The van der Waals surface area contributed by atoms with Crippen molar-refractivity contribution in [1.29, 1.82) is 0 Å². The van der Waals surface area contributed by atoms with Gasteiger partial charge >= 0.3 is 11.8 Å². The van der Waals surface area contributed by atoms with Gasteiger partial charge in [-0.1, -0.05) is 18.2 Å². The van der Waals surface area contributed by atoms with Gasteiger partial charge in [0.05, 0.1) is 50.4 Å². The zero-order valence-electron chi connectivity index (χ0n) is 22.3. The average Bonchev–Trinajstić information content (AvgIpc) is 3.68. The molecule has 1 aromatic carbocycles. The first-order valence-corrected chi connectivity index (χ1v) is 15.0. The summed E-state index contributed by atoms with van der Waals surface area (Å²) in [5, 5.41) is 16.5. The lowest BCUT2D eigenvalue weighted by molar-refractivity contribution is 0.190. The van der Waals surface area contributed by atoms with Crippen LogP contribution in [0.1, 0.15) is 25.3 Å². The monoisotopic (exact) mass is 643 g/mol. The van der Waals surface area contributed by atoms with Crippen molar-refractivity contribution in [1.82, 2.24) is 33.2 Å². The zero-order valence-corrected chi connectivity index (χ0v) is 24.7. The van der Waals surface area contributed by atoms with E-state index in [9.17, 15) is 23.1 Å². The molecule has 5 aromatic rings. The highest BCUT2D eigenvalue weighted by Gasteiger charge is 2.35. The van der Waals surface area contributed by atoms with E-state index < -0.39 is 16.1 Å². The number of hydrogen-bond donors (Lipinski definition) is 2. The molecule has 4 aromatic heterocycles. The van der Waals surface area contributed by atoms with Crippen LogP contribution >= 0.6 is 15.9 Å². The van der Waals surface area contributed by atoms with Crippen LogP contribution in [0.4, 0.5) is 4.79 Å². The number of imidazole rings is 1. The molecule has 2 atom stereocenters. The Morgan fingerprint density at radius 3 is 2.61 bits per heavy atom. The van der Waals surface area contributed by atoms with Crippen molar-refractivity contribution in [3.63, 3.8) is 0 Å². The highest BCUT2D eigenvalue weighted by molar-refractivity contribution is 9.10. The summed E-state index contributed by atoms with van der Waals surface area (Å²) in [4.78, 5) is 29.5. The molecule has 2 N–H and O–H groups in total. The number of amides is 1. The topological polar surface area (TPSA) is 155 Å². The van der Waals surface area contributed by atoms with Crippen molar-refractivity contribution in [3.05, 3.63) is 57.7 Å². The van der Waals surface area contributed by atoms with Crippen LogP contribution in [0, 0.1) is 0 Å². The van der Waals surface area contributed by atoms with Crippen molar-refractivity contribution in [2.24, 2.45) is 14.1 Å². The smallest absolute Gasteiger partial charge is 0.404 e. The fourth-order valence-electron chi connectivity index (χ4n) is 5.78. The van der Waals surface area contributed by atoms with Crippen LogP contribution in [-0.2, 0) is 24.1 Å². The maximum atomic E-state index is 14.3. The Morgan fingerprint density at radius 2 is 1.93 bits per heavy atom. The Balaban J connectivity index is 1.72. The van der Waals surface area contributed by atoms with Crippen LogP contribution in [-0.4, -0.2) is 60.6 Å². The number of hydrogen-bond acceptors (Lipinski definition) is 7. The van der Waals surface area contributed by atoms with Gasteiger partial charge in [-0.2, -0.15) is 0 Å². The molecule has 6 rings (SSSR count). The minimum absolute atomic E-state index is 0.0548. The van der Waals surface area contributed by atoms with Gasteiger partial charge in [-0.25, -0.2) is 27.0 Å². The van der Waals surface area contributed by atoms with E-state index in [0.29, 0.717) is 45.7 Å². The molecule has 1 fully saturated rings. The second-order valence-electron chi connectivity index (χ2n) is 9.99. The maximum Gasteiger partial charge on any atom is 0.404 e. The number of carboxylic acid groups (broad SMARTS) is 1. The fourth-order valence-corrected chi connectivity index (χ4v) is 8.16. The molecule has 0 spiro atoms. The maximum absolute atomic E-state index is 14.3. The number of aryl methyl sites for hydroxylation is 2. The molecule has 214 valence electrons. The van der Waals surface area contributed by atoms with Gasteiger partial charge in [0.2, 0.25) is 5.88 Å². The van der Waals surface area contributed by atoms with Gasteiger partial charge < -0.3 is 15.2 Å². The van der Waals surface area contributed by atoms with Gasteiger partial charge in [0, 0.05) is 32.4 Å². The minimum atomic E-state index is -4.20. The van der Waals surface area contributed by atoms with Crippen LogP contribution in [0.2, 0.25) is 0 Å². The molecule has 4 heterocycles. The molecule has 0 bridgehead atoms. The Hall–Kier alpha value is -4.11. The molecular weight excluding hydrogens is 618 g/mol. The minimum Gasteiger partial charge on any atom is -0.479 e. The number of halogens is 1.